The molecule has 0 saturated carbocycles. The number of carbonyl (C=O) groups excluding carboxylic acids is 2. The van der Waals surface area contributed by atoms with Crippen molar-refractivity contribution in [1.29, 1.82) is 0 Å². The molecular weight excluding hydrogens is 1160 g/mol. The number of likely N-dealkylation sites (N-methyl/N-ethyl adjacent to an activating group) is 1. The molecule has 0 amide bonds. The van der Waals surface area contributed by atoms with Crippen molar-refractivity contribution in [2.45, 2.75) is 354 Å². The topological polar surface area (TPSA) is 108 Å². The van der Waals surface area contributed by atoms with Crippen LogP contribution in [0.25, 0.3) is 0 Å². The zero-order valence-corrected chi connectivity index (χ0v) is 61.7. The van der Waals surface area contributed by atoms with Gasteiger partial charge in [-0.05, 0) is 96.3 Å². The number of ether oxygens (including phenoxy) is 2. The second-order valence-electron chi connectivity index (χ2n) is 27.0. The number of allylic oxidation sites excluding steroid dienone is 18. The van der Waals surface area contributed by atoms with E-state index in [1.54, 1.807) is 0 Å². The average Bonchev–Trinajstić information content (AvgIpc) is 2.14. The van der Waals surface area contributed by atoms with E-state index in [-0.39, 0.29) is 32.0 Å². The predicted molar refractivity (Wildman–Crippen MR) is 399 cm³/mol. The third-order valence-corrected chi connectivity index (χ3v) is 17.8. The van der Waals surface area contributed by atoms with Gasteiger partial charge in [0.05, 0.1) is 27.7 Å². The minimum atomic E-state index is -4.40. The number of hydrogen-bond donors (Lipinski definition) is 1. The summed E-state index contributed by atoms with van der Waals surface area (Å²) in [6, 6.07) is 0. The number of phosphoric ester groups is 1. The molecule has 10 heteroatoms. The molecule has 0 rings (SSSR count). The van der Waals surface area contributed by atoms with Crippen molar-refractivity contribution in [3.63, 3.8) is 0 Å². The number of carbonyl (C=O) groups is 2. The van der Waals surface area contributed by atoms with E-state index in [0.29, 0.717) is 17.4 Å². The van der Waals surface area contributed by atoms with E-state index in [0.717, 1.165) is 89.9 Å². The first-order valence-corrected chi connectivity index (χ1v) is 40.1. The molecule has 92 heavy (non-hydrogen) atoms. The van der Waals surface area contributed by atoms with E-state index >= 15 is 0 Å². The van der Waals surface area contributed by atoms with Gasteiger partial charge in [-0.2, -0.15) is 0 Å². The maximum absolute atomic E-state index is 12.9. The molecule has 0 aliphatic carbocycles. The highest BCUT2D eigenvalue weighted by Crippen LogP contribution is 2.43. The SMILES string of the molecule is CC/C=C\C/C=C\C/C=C\C/C=C\C/C=C\CCCCCCCCCCCCCCCCCC(=O)OC(COC(=O)CCCCCCCCCCCCCCCCCCCCCCCCCC/C=C\C/C=C\C/C=C\C/C=C\CC)COP(=O)(O)OCC[N+](C)(C)C. The molecule has 0 aliphatic rings. The van der Waals surface area contributed by atoms with Gasteiger partial charge in [0.1, 0.15) is 19.8 Å². The lowest BCUT2D eigenvalue weighted by Gasteiger charge is -2.24. The van der Waals surface area contributed by atoms with Gasteiger partial charge in [0.15, 0.2) is 6.10 Å². The van der Waals surface area contributed by atoms with Gasteiger partial charge < -0.3 is 18.9 Å². The Labute approximate surface area is 569 Å². The van der Waals surface area contributed by atoms with Gasteiger partial charge in [0.2, 0.25) is 0 Å². The summed E-state index contributed by atoms with van der Waals surface area (Å²) < 4.78 is 34.8. The molecule has 0 radical (unpaired) electrons. The zero-order valence-electron chi connectivity index (χ0n) is 60.8. The Kier molecular flexibility index (Phi) is 69.3. The molecule has 0 aromatic carbocycles. The lowest BCUT2D eigenvalue weighted by Crippen LogP contribution is -2.37. The Morgan fingerprint density at radius 1 is 0.337 bits per heavy atom. The van der Waals surface area contributed by atoms with Crippen molar-refractivity contribution >= 4 is 19.8 Å². The van der Waals surface area contributed by atoms with Gasteiger partial charge in [-0.3, -0.25) is 18.6 Å². The number of hydrogen-bond acceptors (Lipinski definition) is 7. The smallest absolute Gasteiger partial charge is 0.462 e. The minimum Gasteiger partial charge on any atom is -0.462 e. The quantitative estimate of drug-likeness (QED) is 0.0211. The molecule has 1 N–H and O–H groups in total. The van der Waals surface area contributed by atoms with E-state index in [1.165, 1.54) is 225 Å². The second-order valence-corrected chi connectivity index (χ2v) is 28.4. The first kappa shape index (κ1) is 88.7. The molecule has 0 bridgehead atoms. The second kappa shape index (κ2) is 72.0. The number of rotatable bonds is 71. The highest BCUT2D eigenvalue weighted by molar-refractivity contribution is 7.47. The molecule has 532 valence electrons. The van der Waals surface area contributed by atoms with Crippen LogP contribution in [0.5, 0.6) is 0 Å². The number of unbranched alkanes of at least 4 members (excludes halogenated alkanes) is 39. The van der Waals surface area contributed by atoms with Crippen LogP contribution in [0.1, 0.15) is 348 Å². The van der Waals surface area contributed by atoms with Crippen LogP contribution in [-0.4, -0.2) is 74.9 Å². The summed E-state index contributed by atoms with van der Waals surface area (Å²) in [6.45, 7) is 4.25. The predicted octanol–water partition coefficient (Wildman–Crippen LogP) is 25.6. The standard InChI is InChI=1S/C82H146NO8P/c1-6-8-10-12-14-16-18-20-22-24-26-28-30-32-34-36-38-39-40-41-42-43-45-46-48-50-52-54-56-58-60-62-64-66-68-70-72-74-81(84)88-78-80(79-90-92(86,87)89-77-76-83(3,4)5)91-82(85)75-73-71-69-67-65-63-61-59-57-55-53-51-49-47-44-37-35-33-31-29-27-25-23-21-19-17-15-13-11-9-7-2/h8-11,14-17,20-23,26-29,33,35,80H,6-7,12-13,18-19,24-25,30-32,34,36-79H2,1-5H3/p+1/b10-8-,11-9-,16-14-,17-15-,22-20-,23-21-,28-26-,29-27-,35-33-. The largest absolute Gasteiger partial charge is 0.472 e. The Hall–Kier alpha value is -3.33. The lowest BCUT2D eigenvalue weighted by molar-refractivity contribution is -0.870. The first-order chi connectivity index (χ1) is 45.0. The fraction of sp³-hybridized carbons (Fsp3) is 0.756. The number of nitrogens with zero attached hydrogens (tertiary/aromatic N) is 1. The van der Waals surface area contributed by atoms with Crippen LogP contribution < -0.4 is 0 Å². The molecule has 9 nitrogen and oxygen atoms in total. The normalized spacial score (nSPS) is 13.7. The summed E-state index contributed by atoms with van der Waals surface area (Å²) in [5.74, 6) is -0.784. The maximum Gasteiger partial charge on any atom is 0.472 e. The van der Waals surface area contributed by atoms with Gasteiger partial charge in [-0.25, -0.2) is 4.57 Å². The van der Waals surface area contributed by atoms with Gasteiger partial charge in [-0.15, -0.1) is 0 Å². The molecule has 2 unspecified atom stereocenters. The Bertz CT molecular complexity index is 1920. The summed E-state index contributed by atoms with van der Waals surface area (Å²) >= 11 is 0. The average molecular weight is 1310 g/mol. The third-order valence-electron chi connectivity index (χ3n) is 16.8. The monoisotopic (exact) mass is 1310 g/mol. The van der Waals surface area contributed by atoms with Gasteiger partial charge >= 0.3 is 19.8 Å². The van der Waals surface area contributed by atoms with Crippen LogP contribution >= 0.6 is 7.82 Å². The summed E-state index contributed by atoms with van der Waals surface area (Å²) in [4.78, 5) is 36.0. The van der Waals surface area contributed by atoms with Crippen LogP contribution in [0.3, 0.4) is 0 Å². The molecule has 0 aromatic heterocycles. The Balaban J connectivity index is 3.95. The molecule has 2 atom stereocenters. The Morgan fingerprint density at radius 2 is 0.587 bits per heavy atom. The van der Waals surface area contributed by atoms with Crippen LogP contribution in [0.4, 0.5) is 0 Å². The van der Waals surface area contributed by atoms with Gasteiger partial charge in [0, 0.05) is 12.8 Å². The van der Waals surface area contributed by atoms with E-state index in [4.69, 9.17) is 18.5 Å². The molecule has 0 saturated heterocycles. The van der Waals surface area contributed by atoms with Gasteiger partial charge in [0.25, 0.3) is 0 Å². The van der Waals surface area contributed by atoms with Crippen LogP contribution in [-0.2, 0) is 32.7 Å². The third kappa shape index (κ3) is 75.7. The van der Waals surface area contributed by atoms with Crippen molar-refractivity contribution in [2.75, 3.05) is 47.5 Å². The number of phosphoric acid groups is 1. The van der Waals surface area contributed by atoms with Crippen LogP contribution in [0.15, 0.2) is 109 Å². The van der Waals surface area contributed by atoms with Crippen LogP contribution in [0, 0.1) is 0 Å². The maximum atomic E-state index is 12.9. The fourth-order valence-corrected chi connectivity index (χ4v) is 11.7. The fourth-order valence-electron chi connectivity index (χ4n) is 11.0. The molecule has 0 aromatic rings. The summed E-state index contributed by atoms with van der Waals surface area (Å²) in [5, 5.41) is 0. The number of esters is 2. The molecule has 0 heterocycles. The minimum absolute atomic E-state index is 0.0305. The first-order valence-electron chi connectivity index (χ1n) is 38.6. The van der Waals surface area contributed by atoms with Crippen molar-refractivity contribution in [1.82, 2.24) is 0 Å². The lowest BCUT2D eigenvalue weighted by atomic mass is 10.0. The zero-order chi connectivity index (χ0) is 66.9. The van der Waals surface area contributed by atoms with E-state index in [2.05, 4.69) is 123 Å². The van der Waals surface area contributed by atoms with Crippen molar-refractivity contribution in [3.05, 3.63) is 109 Å². The van der Waals surface area contributed by atoms with Crippen LogP contribution in [0.2, 0.25) is 0 Å². The van der Waals surface area contributed by atoms with E-state index in [9.17, 15) is 19.0 Å². The highest BCUT2D eigenvalue weighted by Gasteiger charge is 2.27. The van der Waals surface area contributed by atoms with Crippen molar-refractivity contribution < 1.29 is 42.1 Å². The molecule has 0 fully saturated rings. The van der Waals surface area contributed by atoms with E-state index < -0.39 is 26.5 Å². The van der Waals surface area contributed by atoms with E-state index in [1.807, 2.05) is 21.1 Å². The van der Waals surface area contributed by atoms with Gasteiger partial charge in [-0.1, -0.05) is 348 Å². The summed E-state index contributed by atoms with van der Waals surface area (Å²) in [7, 11) is 1.49. The molecule has 0 spiro atoms. The van der Waals surface area contributed by atoms with Crippen molar-refractivity contribution in [2.24, 2.45) is 0 Å². The molecular formula is C82H147NO8P+. The summed E-state index contributed by atoms with van der Waals surface area (Å²) in [5.41, 5.74) is 0. The van der Waals surface area contributed by atoms with Crippen molar-refractivity contribution in [3.8, 4) is 0 Å². The highest BCUT2D eigenvalue weighted by atomic mass is 31.2. The Morgan fingerprint density at radius 3 is 0.870 bits per heavy atom. The number of quaternary nitrogens is 1. The molecule has 0 aliphatic heterocycles. The summed E-state index contributed by atoms with van der Waals surface area (Å²) in [6.07, 6.45) is 102.